The number of alkyl halides is 6. The summed E-state index contributed by atoms with van der Waals surface area (Å²) in [5.74, 6) is 0.811. The molecule has 2 aromatic carbocycles. The predicted molar refractivity (Wildman–Crippen MR) is 104 cm³/mol. The van der Waals surface area contributed by atoms with E-state index in [0.717, 1.165) is 5.79 Å². The lowest BCUT2D eigenvalue weighted by molar-refractivity contribution is -0.0486. The molecule has 1 aliphatic heterocycles. The number of rotatable bonds is 4. The van der Waals surface area contributed by atoms with Gasteiger partial charge < -0.3 is 0 Å². The highest BCUT2D eigenvalue weighted by molar-refractivity contribution is 7.93. The first-order chi connectivity index (χ1) is 14.6. The normalized spacial score (nSPS) is 21.8. The lowest BCUT2D eigenvalue weighted by atomic mass is 9.95. The van der Waals surface area contributed by atoms with Gasteiger partial charge in [0.05, 0.1) is 0 Å². The topological polar surface area (TPSA) is 74.8 Å². The molecule has 3 rings (SSSR count). The first kappa shape index (κ1) is 25.0. The highest BCUT2D eigenvalue weighted by Crippen LogP contribution is 2.52. The number of hydrogen-bond acceptors (Lipinski definition) is 4. The second-order valence-electron chi connectivity index (χ2n) is 6.90. The summed E-state index contributed by atoms with van der Waals surface area (Å²) in [4.78, 5) is 0. The van der Waals surface area contributed by atoms with Crippen molar-refractivity contribution in [2.24, 2.45) is 0 Å². The number of benzene rings is 2. The maximum atomic E-state index is 13.5. The van der Waals surface area contributed by atoms with Gasteiger partial charge in [0.1, 0.15) is 0 Å². The van der Waals surface area contributed by atoms with Crippen LogP contribution in [0, 0.1) is 0 Å². The molecule has 32 heavy (non-hydrogen) atoms. The molecule has 0 spiro atoms. The van der Waals surface area contributed by atoms with E-state index in [0.29, 0.717) is 0 Å². The van der Waals surface area contributed by atoms with Gasteiger partial charge in [0.25, 0.3) is 20.0 Å². The number of nitrogens with zero attached hydrogens (tertiary/aromatic N) is 2. The molecule has 6 nitrogen and oxygen atoms in total. The largest absolute Gasteiger partial charge is 0.517 e. The van der Waals surface area contributed by atoms with Crippen LogP contribution >= 0.6 is 0 Å². The van der Waals surface area contributed by atoms with E-state index in [1.807, 2.05) is 0 Å². The summed E-state index contributed by atoms with van der Waals surface area (Å²) in [5, 5.41) is 0. The number of sulfonamides is 2. The van der Waals surface area contributed by atoms with Crippen molar-refractivity contribution in [2.75, 3.05) is 0 Å². The van der Waals surface area contributed by atoms with Gasteiger partial charge in [-0.3, -0.25) is 0 Å². The molecule has 174 valence electrons. The molecule has 0 radical (unpaired) electrons. The minimum Gasteiger partial charge on any atom is -0.250 e. The fourth-order valence-corrected chi connectivity index (χ4v) is 11.8. The Bertz CT molecular complexity index is 1080. The minimum atomic E-state index is -6.18. The molecule has 0 amide bonds. The maximum Gasteiger partial charge on any atom is 0.517 e. The molecule has 0 unspecified atom stereocenters. The number of halogens is 6. The third-order valence-electron chi connectivity index (χ3n) is 5.01. The smallest absolute Gasteiger partial charge is 0.250 e. The SMILES string of the molecule is [CH3][Al]1[N](S(=O)(=O)C(F)(F)F)[C@H](c2ccccc2)[C@@H](c2ccccc2)[N]1S(=O)(=O)C(F)(F)F. The maximum absolute atomic E-state index is 13.5. The summed E-state index contributed by atoms with van der Waals surface area (Å²) in [7, 11) is -12.4. The molecule has 1 saturated heterocycles. The monoisotopic (exact) mass is 516 g/mol. The molecule has 1 aliphatic rings. The van der Waals surface area contributed by atoms with Crippen molar-refractivity contribution in [3.8, 4) is 0 Å². The average Bonchev–Trinajstić information content (AvgIpc) is 3.01. The quantitative estimate of drug-likeness (QED) is 0.457. The van der Waals surface area contributed by atoms with Crippen LogP contribution in [0.1, 0.15) is 23.2 Å². The molecular weight excluding hydrogens is 501 g/mol. The molecule has 0 saturated carbocycles. The first-order valence-electron chi connectivity index (χ1n) is 8.92. The van der Waals surface area contributed by atoms with E-state index in [1.165, 1.54) is 60.7 Å². The number of hydrogen-bond donors (Lipinski definition) is 0. The predicted octanol–water partition coefficient (Wildman–Crippen LogP) is 3.90. The summed E-state index contributed by atoms with van der Waals surface area (Å²) in [6.07, 6.45) is 0. The minimum absolute atomic E-state index is 0.0756. The van der Waals surface area contributed by atoms with E-state index >= 15 is 0 Å². The van der Waals surface area contributed by atoms with Gasteiger partial charge in [0, 0.05) is 12.1 Å². The van der Waals surface area contributed by atoms with Gasteiger partial charge in [-0.05, 0) is 11.1 Å². The zero-order chi connectivity index (χ0) is 24.1. The van der Waals surface area contributed by atoms with E-state index in [2.05, 4.69) is 0 Å². The molecule has 0 bridgehead atoms. The fraction of sp³-hybridized carbons (Fsp3) is 0.294. The average molecular weight is 516 g/mol. The van der Waals surface area contributed by atoms with Crippen LogP contribution in [-0.4, -0.2) is 49.0 Å². The van der Waals surface area contributed by atoms with Crippen LogP contribution in [0.2, 0.25) is 5.79 Å². The third kappa shape index (κ3) is 4.06. The molecule has 0 aromatic heterocycles. The van der Waals surface area contributed by atoms with E-state index in [1.54, 1.807) is 0 Å². The Morgan fingerprint density at radius 3 is 1.19 bits per heavy atom. The summed E-state index contributed by atoms with van der Waals surface area (Å²) >= 11 is -4.13. The lowest BCUT2D eigenvalue weighted by Crippen LogP contribution is -2.52. The van der Waals surface area contributed by atoms with Crippen LogP contribution in [0.15, 0.2) is 60.7 Å². The Morgan fingerprint density at radius 2 is 0.938 bits per heavy atom. The Balaban J connectivity index is 2.39. The van der Waals surface area contributed by atoms with Gasteiger partial charge in [0.2, 0.25) is 0 Å². The van der Waals surface area contributed by atoms with Gasteiger partial charge >= 0.3 is 25.6 Å². The van der Waals surface area contributed by atoms with E-state index < -0.39 is 57.7 Å². The summed E-state index contributed by atoms with van der Waals surface area (Å²) in [6.45, 7) is 0. The molecule has 0 N–H and O–H groups in total. The van der Waals surface area contributed by atoms with Crippen LogP contribution in [0.5, 0.6) is 0 Å². The zero-order valence-electron chi connectivity index (χ0n) is 16.1. The fourth-order valence-electron chi connectivity index (χ4n) is 3.75. The van der Waals surface area contributed by atoms with Crippen molar-refractivity contribution < 1.29 is 43.2 Å². The third-order valence-corrected chi connectivity index (χ3v) is 13.4. The Morgan fingerprint density at radius 1 is 0.656 bits per heavy atom. The second-order valence-corrected chi connectivity index (χ2v) is 13.7. The van der Waals surface area contributed by atoms with Crippen molar-refractivity contribution in [2.45, 2.75) is 28.9 Å². The zero-order valence-corrected chi connectivity index (χ0v) is 18.9. The van der Waals surface area contributed by atoms with E-state index in [-0.39, 0.29) is 17.7 Å². The molecule has 1 fully saturated rings. The van der Waals surface area contributed by atoms with Gasteiger partial charge in [-0.25, -0.2) is 23.4 Å². The highest BCUT2D eigenvalue weighted by Gasteiger charge is 2.68. The molecule has 2 aromatic rings. The Hall–Kier alpha value is -1.63. The molecule has 1 heterocycles. The Labute approximate surface area is 185 Å². The van der Waals surface area contributed by atoms with Crippen LogP contribution in [0.25, 0.3) is 0 Å². The van der Waals surface area contributed by atoms with Crippen LogP contribution in [-0.2, 0) is 20.0 Å². The van der Waals surface area contributed by atoms with Crippen molar-refractivity contribution in [1.29, 1.82) is 0 Å². The van der Waals surface area contributed by atoms with Crippen LogP contribution in [0.3, 0.4) is 0 Å². The second kappa shape index (κ2) is 8.30. The molecule has 0 aliphatic carbocycles. The lowest BCUT2D eigenvalue weighted by Gasteiger charge is -2.31. The van der Waals surface area contributed by atoms with Gasteiger partial charge in [-0.15, -0.1) is 0 Å². The van der Waals surface area contributed by atoms with E-state index in [4.69, 9.17) is 0 Å². The highest BCUT2D eigenvalue weighted by atomic mass is 32.2. The van der Waals surface area contributed by atoms with Crippen molar-refractivity contribution in [3.63, 3.8) is 0 Å². The van der Waals surface area contributed by atoms with Crippen LogP contribution < -0.4 is 0 Å². The van der Waals surface area contributed by atoms with E-state index in [9.17, 15) is 43.2 Å². The molecule has 2 atom stereocenters. The van der Waals surface area contributed by atoms with Gasteiger partial charge in [-0.2, -0.15) is 26.3 Å². The standard InChI is InChI=1S/C16H12F6N2O4S2.CH3.Al/c17-15(18,19)29(25,26)23-13(11-7-3-1-4-8-11)14(12-9-5-2-6-10-12)24-30(27,28)16(20,21)22;;/h1-10,13-14H;1H3;/q-2;;+2/t13-,14-;;/m1../s1. The van der Waals surface area contributed by atoms with Crippen molar-refractivity contribution >= 4 is 34.6 Å². The van der Waals surface area contributed by atoms with Crippen molar-refractivity contribution in [3.05, 3.63) is 71.8 Å². The first-order valence-corrected chi connectivity index (χ1v) is 14.0. The summed E-state index contributed by atoms with van der Waals surface area (Å²) < 4.78 is 131. The summed E-state index contributed by atoms with van der Waals surface area (Å²) in [6, 6.07) is 9.65. The van der Waals surface area contributed by atoms with Crippen LogP contribution in [0.4, 0.5) is 26.3 Å². The van der Waals surface area contributed by atoms with Gasteiger partial charge in [-0.1, -0.05) is 66.4 Å². The van der Waals surface area contributed by atoms with Crippen molar-refractivity contribution in [1.82, 2.24) is 6.58 Å². The summed E-state index contributed by atoms with van der Waals surface area (Å²) in [5.41, 5.74) is -11.8. The Kier molecular flexibility index (Phi) is 6.49. The molecule has 15 heteroatoms. The molecular formula is C17H15AlF6N2O4S2. The van der Waals surface area contributed by atoms with Gasteiger partial charge in [0.15, 0.2) is 0 Å².